The van der Waals surface area contributed by atoms with Crippen LogP contribution in [-0.2, 0) is 11.3 Å². The third-order valence-corrected chi connectivity index (χ3v) is 11.5. The molecule has 3 fully saturated rings. The number of aromatic nitrogens is 7. The number of carbonyl (C=O) groups is 1. The Hall–Kier alpha value is -5.61. The Kier molecular flexibility index (Phi) is 11.5. The lowest BCUT2D eigenvalue weighted by atomic mass is 9.89. The van der Waals surface area contributed by atoms with E-state index < -0.39 is 17.7 Å². The number of hydrogen-bond donors (Lipinski definition) is 2. The van der Waals surface area contributed by atoms with Gasteiger partial charge in [-0.25, -0.2) is 27.8 Å². The predicted octanol–water partition coefficient (Wildman–Crippen LogP) is 6.52. The fourth-order valence-electron chi connectivity index (χ4n) is 8.88. The second-order valence-electron chi connectivity index (χ2n) is 15.5. The molecule has 13 nitrogen and oxygen atoms in total. The molecule has 3 aliphatic rings. The summed E-state index contributed by atoms with van der Waals surface area (Å²) in [5.41, 5.74) is 3.11. The molecule has 0 amide bonds. The summed E-state index contributed by atoms with van der Waals surface area (Å²) in [7, 11) is 2.12. The number of aryl methyl sites for hydroxylation is 2. The molecule has 6 aromatic rings. The fraction of sp³-hybridized carbons (Fsp3) is 0.442. The number of rotatable bonds is 13. The molecule has 16 heteroatoms. The molecule has 59 heavy (non-hydrogen) atoms. The highest BCUT2D eigenvalue weighted by atomic mass is 19.1. The largest absolute Gasteiger partial charge is 0.365 e. The summed E-state index contributed by atoms with van der Waals surface area (Å²) in [6, 6.07) is 11.6. The van der Waals surface area contributed by atoms with Gasteiger partial charge < -0.3 is 34.7 Å². The van der Waals surface area contributed by atoms with Gasteiger partial charge in [-0.15, -0.1) is 0 Å². The highest BCUT2D eigenvalue weighted by Gasteiger charge is 2.44. The first-order chi connectivity index (χ1) is 28.7. The lowest BCUT2D eigenvalue weighted by Gasteiger charge is -2.53. The number of fused-ring (bicyclic) bond motifs is 4. The van der Waals surface area contributed by atoms with Crippen LogP contribution < -0.4 is 20.4 Å². The summed E-state index contributed by atoms with van der Waals surface area (Å²) in [6.07, 6.45) is 5.96. The molecule has 310 valence electrons. The molecule has 2 bridgehead atoms. The lowest BCUT2D eigenvalue weighted by Crippen LogP contribution is -2.68. The zero-order valence-electron chi connectivity index (χ0n) is 34.2. The van der Waals surface area contributed by atoms with E-state index >= 15 is 8.78 Å². The van der Waals surface area contributed by atoms with E-state index in [1.807, 2.05) is 43.9 Å². The number of pyridine rings is 1. The SMILES string of the molecule is CC.CCCN(C)CCCn1c(C)nc2cc(F)cc(-c3cccc(NC4CC(C=O)N(c5nc(N6C7CNCC6C7)nc6c5cnn6-c5ccc(F)cc5F)C4)n3)c21. The molecule has 7 heterocycles. The van der Waals surface area contributed by atoms with Crippen LogP contribution in [0.4, 0.5) is 30.8 Å². The van der Waals surface area contributed by atoms with Crippen molar-refractivity contribution in [1.82, 2.24) is 44.5 Å². The Balaban J connectivity index is 0.00000238. The minimum atomic E-state index is -0.772. The Morgan fingerprint density at radius 3 is 2.53 bits per heavy atom. The smallest absolute Gasteiger partial charge is 0.230 e. The Labute approximate surface area is 341 Å². The number of halogens is 3. The molecule has 3 saturated heterocycles. The summed E-state index contributed by atoms with van der Waals surface area (Å²) >= 11 is 0. The number of piperazine rings is 1. The number of nitrogens with zero attached hydrogens (tertiary/aromatic N) is 10. The van der Waals surface area contributed by atoms with Crippen molar-refractivity contribution in [3.8, 4) is 16.9 Å². The van der Waals surface area contributed by atoms with Crippen molar-refractivity contribution in [2.75, 3.05) is 54.9 Å². The van der Waals surface area contributed by atoms with Crippen molar-refractivity contribution >= 4 is 45.9 Å². The van der Waals surface area contributed by atoms with Crippen LogP contribution in [0, 0.1) is 24.4 Å². The summed E-state index contributed by atoms with van der Waals surface area (Å²) in [6.45, 7) is 12.8. The van der Waals surface area contributed by atoms with E-state index in [-0.39, 0.29) is 29.6 Å². The first-order valence-corrected chi connectivity index (χ1v) is 20.7. The maximum absolute atomic E-state index is 15.1. The van der Waals surface area contributed by atoms with Crippen LogP contribution in [0.5, 0.6) is 0 Å². The Morgan fingerprint density at radius 2 is 1.78 bits per heavy atom. The van der Waals surface area contributed by atoms with Crippen LogP contribution >= 0.6 is 0 Å². The normalized spacial score (nSPS) is 19.9. The van der Waals surface area contributed by atoms with Crippen LogP contribution in [-0.4, -0.2) is 109 Å². The molecule has 2 aromatic carbocycles. The standard InChI is InChI=1S/C41H45F3N12O.C2H6/c1-4-11-52(3)12-6-13-53-24(2)47-35-16-26(43)14-31(38(35)53)34-7-5-8-37(49-34)48-27-17-30(23-57)54(22-27)39-32-21-46-56(36-10-9-25(42)15-33(36)44)40(32)51-41(50-39)55-28-18-29(55)20-45-19-28;1-2/h5,7-10,14-16,21,23,27-30,45H,4,6,11-13,17-20,22H2,1-3H3,(H,48,49);1-2H3. The second kappa shape index (κ2) is 16.9. The van der Waals surface area contributed by atoms with Crippen molar-refractivity contribution in [2.24, 2.45) is 0 Å². The van der Waals surface area contributed by atoms with Crippen molar-refractivity contribution < 1.29 is 18.0 Å². The molecular formula is C43H51F3N12O. The third-order valence-electron chi connectivity index (χ3n) is 11.5. The number of piperidine rings is 1. The maximum atomic E-state index is 15.1. The lowest BCUT2D eigenvalue weighted by molar-refractivity contribution is -0.108. The van der Waals surface area contributed by atoms with E-state index in [0.717, 1.165) is 75.7 Å². The number of nitrogens with one attached hydrogen (secondary N) is 2. The summed E-state index contributed by atoms with van der Waals surface area (Å²) < 4.78 is 47.7. The number of aldehydes is 1. The van der Waals surface area contributed by atoms with Crippen LogP contribution in [0.25, 0.3) is 39.0 Å². The molecule has 9 rings (SSSR count). The first kappa shape index (κ1) is 40.2. The van der Waals surface area contributed by atoms with Crippen LogP contribution in [0.15, 0.2) is 54.7 Å². The maximum Gasteiger partial charge on any atom is 0.230 e. The van der Waals surface area contributed by atoms with E-state index in [2.05, 4.69) is 44.1 Å². The minimum Gasteiger partial charge on any atom is -0.365 e. The molecule has 3 aliphatic heterocycles. The minimum absolute atomic E-state index is 0.0553. The quantitative estimate of drug-likeness (QED) is 0.124. The zero-order valence-corrected chi connectivity index (χ0v) is 34.2. The fourth-order valence-corrected chi connectivity index (χ4v) is 8.88. The highest BCUT2D eigenvalue weighted by Crippen LogP contribution is 2.38. The zero-order chi connectivity index (χ0) is 41.4. The van der Waals surface area contributed by atoms with Crippen molar-refractivity contribution in [1.29, 1.82) is 0 Å². The van der Waals surface area contributed by atoms with Crippen LogP contribution in [0.2, 0.25) is 0 Å². The highest BCUT2D eigenvalue weighted by molar-refractivity contribution is 5.93. The van der Waals surface area contributed by atoms with Gasteiger partial charge >= 0.3 is 0 Å². The van der Waals surface area contributed by atoms with E-state index in [1.165, 1.54) is 28.9 Å². The Morgan fingerprint density at radius 1 is 0.966 bits per heavy atom. The number of benzene rings is 2. The number of hydrogen-bond acceptors (Lipinski definition) is 11. The molecule has 0 spiro atoms. The van der Waals surface area contributed by atoms with E-state index in [9.17, 15) is 9.18 Å². The van der Waals surface area contributed by atoms with Gasteiger partial charge in [0.25, 0.3) is 0 Å². The van der Waals surface area contributed by atoms with Crippen molar-refractivity contribution in [2.45, 2.75) is 84.1 Å². The molecule has 4 atom stereocenters. The van der Waals surface area contributed by atoms with Gasteiger partial charge in [-0.2, -0.15) is 15.1 Å². The van der Waals surface area contributed by atoms with Gasteiger partial charge in [0.05, 0.1) is 34.4 Å². The average molecular weight is 809 g/mol. The third kappa shape index (κ3) is 7.71. The van der Waals surface area contributed by atoms with Gasteiger partial charge in [-0.3, -0.25) is 0 Å². The Bertz CT molecular complexity index is 2460. The summed E-state index contributed by atoms with van der Waals surface area (Å²) in [4.78, 5) is 38.8. The molecule has 0 radical (unpaired) electrons. The molecule has 4 unspecified atom stereocenters. The number of anilines is 3. The number of carbonyl (C=O) groups excluding carboxylic acids is 1. The second-order valence-corrected chi connectivity index (χ2v) is 15.5. The molecule has 4 aromatic heterocycles. The number of imidazole rings is 1. The van der Waals surface area contributed by atoms with Crippen molar-refractivity contribution in [3.63, 3.8) is 0 Å². The van der Waals surface area contributed by atoms with Gasteiger partial charge in [0.1, 0.15) is 41.1 Å². The molecule has 0 saturated carbocycles. The monoisotopic (exact) mass is 808 g/mol. The topological polar surface area (TPSA) is 125 Å². The van der Waals surface area contributed by atoms with E-state index in [0.29, 0.717) is 58.4 Å². The summed E-state index contributed by atoms with van der Waals surface area (Å²) in [5, 5.41) is 12.0. The van der Waals surface area contributed by atoms with Gasteiger partial charge in [0.15, 0.2) is 11.5 Å². The van der Waals surface area contributed by atoms with Crippen molar-refractivity contribution in [3.05, 3.63) is 78.0 Å². The average Bonchev–Trinajstić information content (AvgIpc) is 3.93. The van der Waals surface area contributed by atoms with Gasteiger partial charge in [-0.05, 0) is 83.1 Å². The molecular weight excluding hydrogens is 758 g/mol. The summed E-state index contributed by atoms with van der Waals surface area (Å²) in [5.74, 6) is 0.538. The molecule has 0 aliphatic carbocycles. The first-order valence-electron chi connectivity index (χ1n) is 20.7. The predicted molar refractivity (Wildman–Crippen MR) is 225 cm³/mol. The van der Waals surface area contributed by atoms with E-state index in [4.69, 9.17) is 19.9 Å². The van der Waals surface area contributed by atoms with Gasteiger partial charge in [0.2, 0.25) is 5.95 Å². The van der Waals surface area contributed by atoms with Crippen LogP contribution in [0.1, 0.15) is 52.3 Å². The van der Waals surface area contributed by atoms with Crippen LogP contribution in [0.3, 0.4) is 0 Å². The van der Waals surface area contributed by atoms with Gasteiger partial charge in [-0.1, -0.05) is 26.8 Å². The molecule has 2 N–H and O–H groups in total. The van der Waals surface area contributed by atoms with Gasteiger partial charge in [0, 0.05) is 62.0 Å². The van der Waals surface area contributed by atoms with E-state index in [1.54, 1.807) is 6.20 Å².